The van der Waals surface area contributed by atoms with Crippen molar-refractivity contribution in [3.63, 3.8) is 0 Å². The Hall–Kier alpha value is -1.81. The van der Waals surface area contributed by atoms with E-state index < -0.39 is 0 Å². The van der Waals surface area contributed by atoms with Gasteiger partial charge >= 0.3 is 0 Å². The maximum Gasteiger partial charge on any atom is 0.255 e. The molecule has 4 heteroatoms. The molecule has 0 fully saturated rings. The van der Waals surface area contributed by atoms with Crippen molar-refractivity contribution in [3.8, 4) is 5.75 Å². The number of hydrogen-bond donors (Lipinski definition) is 2. The van der Waals surface area contributed by atoms with Gasteiger partial charge in [0.15, 0.2) is 0 Å². The van der Waals surface area contributed by atoms with E-state index in [0.717, 1.165) is 15.6 Å². The van der Waals surface area contributed by atoms with Crippen molar-refractivity contribution in [1.82, 2.24) is 0 Å². The van der Waals surface area contributed by atoms with Crippen molar-refractivity contribution in [2.45, 2.75) is 13.8 Å². The van der Waals surface area contributed by atoms with Crippen molar-refractivity contribution in [2.75, 3.05) is 5.32 Å². The molecule has 0 saturated heterocycles. The minimum absolute atomic E-state index is 0.170. The van der Waals surface area contributed by atoms with Gasteiger partial charge in [-0.25, -0.2) is 0 Å². The molecule has 0 bridgehead atoms. The zero-order valence-corrected chi connectivity index (χ0v) is 12.3. The summed E-state index contributed by atoms with van der Waals surface area (Å²) in [5, 5.41) is 12.4. The zero-order chi connectivity index (χ0) is 14.0. The van der Waals surface area contributed by atoms with Gasteiger partial charge in [-0.3, -0.25) is 4.79 Å². The topological polar surface area (TPSA) is 49.3 Å². The lowest BCUT2D eigenvalue weighted by atomic mass is 10.1. The number of amides is 1. The fourth-order valence-corrected chi connectivity index (χ4v) is 2.11. The summed E-state index contributed by atoms with van der Waals surface area (Å²) in [6.07, 6.45) is 0. The van der Waals surface area contributed by atoms with Crippen LogP contribution < -0.4 is 5.32 Å². The molecule has 0 aliphatic rings. The van der Waals surface area contributed by atoms with E-state index in [9.17, 15) is 9.90 Å². The van der Waals surface area contributed by atoms with Crippen molar-refractivity contribution in [3.05, 3.63) is 57.6 Å². The summed E-state index contributed by atoms with van der Waals surface area (Å²) >= 11 is 3.40. The number of phenols is 1. The molecule has 0 saturated carbocycles. The molecule has 2 aromatic rings. The number of phenolic OH excluding ortho intramolecular Hbond substituents is 1. The Morgan fingerprint density at radius 2 is 1.95 bits per heavy atom. The van der Waals surface area contributed by atoms with Crippen LogP contribution in [0.2, 0.25) is 0 Å². The van der Waals surface area contributed by atoms with Gasteiger partial charge in [0.2, 0.25) is 0 Å². The molecule has 2 N–H and O–H groups in total. The molecule has 0 aliphatic heterocycles. The minimum Gasteiger partial charge on any atom is -0.508 e. The summed E-state index contributed by atoms with van der Waals surface area (Å²) in [5.74, 6) is -0.0224. The Balaban J connectivity index is 2.26. The van der Waals surface area contributed by atoms with Crippen LogP contribution in [0.1, 0.15) is 21.5 Å². The van der Waals surface area contributed by atoms with Crippen LogP contribution in [0.25, 0.3) is 0 Å². The Bertz CT molecular complexity index is 638. The number of aromatic hydroxyl groups is 1. The van der Waals surface area contributed by atoms with E-state index in [0.29, 0.717) is 11.3 Å². The SMILES string of the molecule is Cc1ccc(NC(=O)c2cccc(Br)c2C)cc1O. The van der Waals surface area contributed by atoms with Crippen LogP contribution in [0.4, 0.5) is 5.69 Å². The normalized spacial score (nSPS) is 10.3. The van der Waals surface area contributed by atoms with Gasteiger partial charge in [-0.05, 0) is 43.2 Å². The third-order valence-corrected chi connectivity index (χ3v) is 3.84. The standard InChI is InChI=1S/C15H14BrNO2/c1-9-6-7-11(8-14(9)18)17-15(19)12-4-3-5-13(16)10(12)2/h3-8,18H,1-2H3,(H,17,19). The molecule has 2 aromatic carbocycles. The lowest BCUT2D eigenvalue weighted by Crippen LogP contribution is -2.13. The number of hydrogen-bond acceptors (Lipinski definition) is 2. The highest BCUT2D eigenvalue weighted by atomic mass is 79.9. The van der Waals surface area contributed by atoms with E-state index in [1.807, 2.05) is 19.1 Å². The fourth-order valence-electron chi connectivity index (χ4n) is 1.74. The average molecular weight is 320 g/mol. The smallest absolute Gasteiger partial charge is 0.255 e. The molecule has 3 nitrogen and oxygen atoms in total. The summed E-state index contributed by atoms with van der Waals surface area (Å²) in [4.78, 5) is 12.2. The molecule has 0 heterocycles. The minimum atomic E-state index is -0.193. The first-order chi connectivity index (χ1) is 8.99. The Morgan fingerprint density at radius 1 is 1.21 bits per heavy atom. The van der Waals surface area contributed by atoms with Gasteiger partial charge in [0, 0.05) is 21.8 Å². The quantitative estimate of drug-likeness (QED) is 0.878. The molecular formula is C15H14BrNO2. The van der Waals surface area contributed by atoms with E-state index in [-0.39, 0.29) is 11.7 Å². The molecule has 19 heavy (non-hydrogen) atoms. The van der Waals surface area contributed by atoms with Crippen LogP contribution in [0.3, 0.4) is 0 Å². The number of benzene rings is 2. The second-order valence-corrected chi connectivity index (χ2v) is 5.22. The Labute approximate surface area is 120 Å². The molecule has 0 radical (unpaired) electrons. The van der Waals surface area contributed by atoms with E-state index in [2.05, 4.69) is 21.2 Å². The van der Waals surface area contributed by atoms with Crippen LogP contribution in [0.5, 0.6) is 5.75 Å². The lowest BCUT2D eigenvalue weighted by molar-refractivity contribution is 0.102. The van der Waals surface area contributed by atoms with Gasteiger partial charge in [0.05, 0.1) is 0 Å². The predicted molar refractivity (Wildman–Crippen MR) is 79.7 cm³/mol. The Morgan fingerprint density at radius 3 is 2.63 bits per heavy atom. The number of halogens is 1. The van der Waals surface area contributed by atoms with Gasteiger partial charge in [0.25, 0.3) is 5.91 Å². The maximum absolute atomic E-state index is 12.2. The first kappa shape index (κ1) is 13.6. The fraction of sp³-hybridized carbons (Fsp3) is 0.133. The van der Waals surface area contributed by atoms with E-state index in [1.165, 1.54) is 0 Å². The van der Waals surface area contributed by atoms with Crippen molar-refractivity contribution < 1.29 is 9.90 Å². The summed E-state index contributed by atoms with van der Waals surface area (Å²) in [5.41, 5.74) is 2.84. The third-order valence-electron chi connectivity index (χ3n) is 2.98. The van der Waals surface area contributed by atoms with Crippen LogP contribution in [0, 0.1) is 13.8 Å². The zero-order valence-electron chi connectivity index (χ0n) is 10.7. The van der Waals surface area contributed by atoms with Crippen molar-refractivity contribution in [2.24, 2.45) is 0 Å². The van der Waals surface area contributed by atoms with Gasteiger partial charge in [0.1, 0.15) is 5.75 Å². The van der Waals surface area contributed by atoms with Gasteiger partial charge in [-0.15, -0.1) is 0 Å². The van der Waals surface area contributed by atoms with Crippen LogP contribution >= 0.6 is 15.9 Å². The molecule has 1 amide bonds. The predicted octanol–water partition coefficient (Wildman–Crippen LogP) is 4.02. The maximum atomic E-state index is 12.2. The molecule has 0 atom stereocenters. The molecule has 0 aromatic heterocycles. The van der Waals surface area contributed by atoms with E-state index >= 15 is 0 Å². The number of rotatable bonds is 2. The van der Waals surface area contributed by atoms with Crippen LogP contribution in [-0.4, -0.2) is 11.0 Å². The highest BCUT2D eigenvalue weighted by Crippen LogP contribution is 2.23. The molecule has 98 valence electrons. The lowest BCUT2D eigenvalue weighted by Gasteiger charge is -2.09. The summed E-state index contributed by atoms with van der Waals surface area (Å²) < 4.78 is 0.895. The first-order valence-corrected chi connectivity index (χ1v) is 6.64. The molecule has 2 rings (SSSR count). The van der Waals surface area contributed by atoms with E-state index in [1.54, 1.807) is 31.2 Å². The number of anilines is 1. The summed E-state index contributed by atoms with van der Waals surface area (Å²) in [6.45, 7) is 3.69. The van der Waals surface area contributed by atoms with Gasteiger partial charge < -0.3 is 10.4 Å². The molecular weight excluding hydrogens is 306 g/mol. The first-order valence-electron chi connectivity index (χ1n) is 5.85. The highest BCUT2D eigenvalue weighted by molar-refractivity contribution is 9.10. The number of aryl methyl sites for hydroxylation is 1. The molecule has 0 aliphatic carbocycles. The third kappa shape index (κ3) is 2.96. The van der Waals surface area contributed by atoms with Crippen LogP contribution in [-0.2, 0) is 0 Å². The number of carbonyl (C=O) groups is 1. The second-order valence-electron chi connectivity index (χ2n) is 4.37. The highest BCUT2D eigenvalue weighted by Gasteiger charge is 2.11. The van der Waals surface area contributed by atoms with Crippen molar-refractivity contribution in [1.29, 1.82) is 0 Å². The van der Waals surface area contributed by atoms with Gasteiger partial charge in [-0.1, -0.05) is 28.1 Å². The van der Waals surface area contributed by atoms with Gasteiger partial charge in [-0.2, -0.15) is 0 Å². The Kier molecular flexibility index (Phi) is 3.90. The van der Waals surface area contributed by atoms with Crippen molar-refractivity contribution >= 4 is 27.5 Å². The largest absolute Gasteiger partial charge is 0.508 e. The van der Waals surface area contributed by atoms with Crippen LogP contribution in [0.15, 0.2) is 40.9 Å². The molecule has 0 unspecified atom stereocenters. The second kappa shape index (κ2) is 5.45. The summed E-state index contributed by atoms with van der Waals surface area (Å²) in [6, 6.07) is 10.5. The number of carbonyl (C=O) groups excluding carboxylic acids is 1. The monoisotopic (exact) mass is 319 g/mol. The summed E-state index contributed by atoms with van der Waals surface area (Å²) in [7, 11) is 0. The van der Waals surface area contributed by atoms with E-state index in [4.69, 9.17) is 0 Å². The molecule has 0 spiro atoms. The average Bonchev–Trinajstić information content (AvgIpc) is 2.37. The number of nitrogens with one attached hydrogen (secondary N) is 1.